The molecule has 1 aromatic heterocycles. The van der Waals surface area contributed by atoms with E-state index in [1.165, 1.54) is 4.88 Å². The fraction of sp³-hybridized carbons (Fsp3) is 0.333. The molecule has 2 nitrogen and oxygen atoms in total. The van der Waals surface area contributed by atoms with Crippen molar-refractivity contribution in [1.29, 1.82) is 0 Å². The van der Waals surface area contributed by atoms with E-state index in [9.17, 15) is 0 Å². The SMILES string of the molecule is CCC(C)Oc1cccc(NCc2cc(Br)c(Cl)s2)c1. The van der Waals surface area contributed by atoms with Crippen molar-refractivity contribution >= 4 is 44.6 Å². The first-order valence-corrected chi connectivity index (χ1v) is 8.51. The molecule has 2 aromatic rings. The fourth-order valence-corrected chi connectivity index (χ4v) is 3.39. The van der Waals surface area contributed by atoms with E-state index in [4.69, 9.17) is 16.3 Å². The molecular formula is C15H17BrClNOS. The van der Waals surface area contributed by atoms with Crippen molar-refractivity contribution in [2.75, 3.05) is 5.32 Å². The van der Waals surface area contributed by atoms with Crippen LogP contribution in [0.15, 0.2) is 34.8 Å². The Morgan fingerprint density at radius 3 is 2.85 bits per heavy atom. The smallest absolute Gasteiger partial charge is 0.121 e. The van der Waals surface area contributed by atoms with Crippen molar-refractivity contribution in [2.45, 2.75) is 32.9 Å². The van der Waals surface area contributed by atoms with Gasteiger partial charge >= 0.3 is 0 Å². The highest BCUT2D eigenvalue weighted by Gasteiger charge is 2.05. The topological polar surface area (TPSA) is 21.3 Å². The van der Waals surface area contributed by atoms with Crippen LogP contribution in [-0.4, -0.2) is 6.10 Å². The van der Waals surface area contributed by atoms with Gasteiger partial charge in [-0.2, -0.15) is 0 Å². The molecular weight excluding hydrogens is 358 g/mol. The van der Waals surface area contributed by atoms with Crippen molar-refractivity contribution in [1.82, 2.24) is 0 Å². The summed E-state index contributed by atoms with van der Waals surface area (Å²) in [6.45, 7) is 4.94. The summed E-state index contributed by atoms with van der Waals surface area (Å²) in [5, 5.41) is 3.38. The number of nitrogens with one attached hydrogen (secondary N) is 1. The van der Waals surface area contributed by atoms with E-state index in [2.05, 4.69) is 35.1 Å². The maximum Gasteiger partial charge on any atom is 0.121 e. The summed E-state index contributed by atoms with van der Waals surface area (Å²) in [6.07, 6.45) is 1.23. The van der Waals surface area contributed by atoms with E-state index in [0.29, 0.717) is 0 Å². The molecule has 2 rings (SSSR count). The molecule has 0 aliphatic carbocycles. The van der Waals surface area contributed by atoms with E-state index in [-0.39, 0.29) is 6.10 Å². The molecule has 20 heavy (non-hydrogen) atoms. The molecule has 108 valence electrons. The third-order valence-corrected chi connectivity index (χ3v) is 5.38. The van der Waals surface area contributed by atoms with Gasteiger partial charge in [0.1, 0.15) is 10.1 Å². The molecule has 0 fully saturated rings. The van der Waals surface area contributed by atoms with Crippen LogP contribution in [0.25, 0.3) is 0 Å². The minimum absolute atomic E-state index is 0.234. The molecule has 0 radical (unpaired) electrons. The number of hydrogen-bond acceptors (Lipinski definition) is 3. The molecule has 1 unspecified atom stereocenters. The standard InChI is InChI=1S/C15H17BrClNOS/c1-3-10(2)19-12-6-4-5-11(7-12)18-9-13-8-14(16)15(17)20-13/h4-8,10,18H,3,9H2,1-2H3. The predicted molar refractivity (Wildman–Crippen MR) is 91.2 cm³/mol. The third-order valence-electron chi connectivity index (χ3n) is 2.91. The molecule has 0 spiro atoms. The lowest BCUT2D eigenvalue weighted by molar-refractivity contribution is 0.217. The molecule has 0 saturated heterocycles. The molecule has 0 aliphatic heterocycles. The van der Waals surface area contributed by atoms with Crippen LogP contribution in [-0.2, 0) is 6.54 Å². The summed E-state index contributed by atoms with van der Waals surface area (Å²) in [5.41, 5.74) is 1.05. The van der Waals surface area contributed by atoms with Crippen LogP contribution in [0.1, 0.15) is 25.1 Å². The first-order chi connectivity index (χ1) is 9.58. The van der Waals surface area contributed by atoms with Crippen molar-refractivity contribution in [3.63, 3.8) is 0 Å². The molecule has 0 bridgehead atoms. The molecule has 1 aromatic carbocycles. The van der Waals surface area contributed by atoms with Crippen LogP contribution in [0, 0.1) is 0 Å². The number of rotatable bonds is 6. The van der Waals surface area contributed by atoms with Gasteiger partial charge in [0, 0.05) is 27.6 Å². The van der Waals surface area contributed by atoms with Crippen molar-refractivity contribution in [3.8, 4) is 5.75 Å². The average molecular weight is 375 g/mol. The van der Waals surface area contributed by atoms with Gasteiger partial charge < -0.3 is 10.1 Å². The molecule has 1 atom stereocenters. The summed E-state index contributed by atoms with van der Waals surface area (Å²) in [4.78, 5) is 1.19. The van der Waals surface area contributed by atoms with Crippen molar-refractivity contribution in [3.05, 3.63) is 44.0 Å². The van der Waals surface area contributed by atoms with Crippen LogP contribution >= 0.6 is 38.9 Å². The van der Waals surface area contributed by atoms with Gasteiger partial charge in [-0.1, -0.05) is 24.6 Å². The Morgan fingerprint density at radius 1 is 1.40 bits per heavy atom. The highest BCUT2D eigenvalue weighted by Crippen LogP contribution is 2.32. The zero-order chi connectivity index (χ0) is 14.5. The Morgan fingerprint density at radius 2 is 2.20 bits per heavy atom. The zero-order valence-corrected chi connectivity index (χ0v) is 14.6. The predicted octanol–water partition coefficient (Wildman–Crippen LogP) is 5.95. The molecule has 0 amide bonds. The van der Waals surface area contributed by atoms with Crippen molar-refractivity contribution < 1.29 is 4.74 Å². The number of halogens is 2. The second kappa shape index (κ2) is 7.34. The van der Waals surface area contributed by atoms with E-state index in [1.807, 2.05) is 30.3 Å². The van der Waals surface area contributed by atoms with E-state index in [0.717, 1.165) is 33.2 Å². The Balaban J connectivity index is 1.97. The third kappa shape index (κ3) is 4.40. The van der Waals surface area contributed by atoms with Gasteiger partial charge in [0.2, 0.25) is 0 Å². The maximum atomic E-state index is 6.03. The quantitative estimate of drug-likeness (QED) is 0.674. The van der Waals surface area contributed by atoms with Crippen LogP contribution in [0.2, 0.25) is 4.34 Å². The number of hydrogen-bond donors (Lipinski definition) is 1. The second-order valence-electron chi connectivity index (χ2n) is 4.55. The van der Waals surface area contributed by atoms with E-state index < -0.39 is 0 Å². The largest absolute Gasteiger partial charge is 0.491 e. The maximum absolute atomic E-state index is 6.03. The lowest BCUT2D eigenvalue weighted by atomic mass is 10.2. The van der Waals surface area contributed by atoms with Crippen LogP contribution in [0.5, 0.6) is 5.75 Å². The summed E-state index contributed by atoms with van der Waals surface area (Å²) < 4.78 is 7.55. The van der Waals surface area contributed by atoms with Gasteiger partial charge in [-0.05, 0) is 47.5 Å². The van der Waals surface area contributed by atoms with Gasteiger partial charge in [-0.15, -0.1) is 11.3 Å². The van der Waals surface area contributed by atoms with Crippen LogP contribution < -0.4 is 10.1 Å². The summed E-state index contributed by atoms with van der Waals surface area (Å²) in [6, 6.07) is 10.1. The number of thiophene rings is 1. The summed E-state index contributed by atoms with van der Waals surface area (Å²) >= 11 is 11.0. The van der Waals surface area contributed by atoms with Gasteiger partial charge in [-0.3, -0.25) is 0 Å². The Kier molecular flexibility index (Phi) is 5.75. The van der Waals surface area contributed by atoms with Crippen LogP contribution in [0.3, 0.4) is 0 Å². The van der Waals surface area contributed by atoms with Gasteiger partial charge in [-0.25, -0.2) is 0 Å². The lowest BCUT2D eigenvalue weighted by Crippen LogP contribution is -2.09. The number of ether oxygens (including phenoxy) is 1. The van der Waals surface area contributed by atoms with Gasteiger partial charge in [0.05, 0.1) is 6.10 Å². The number of anilines is 1. The van der Waals surface area contributed by atoms with Gasteiger partial charge in [0.25, 0.3) is 0 Å². The molecule has 1 N–H and O–H groups in total. The average Bonchev–Trinajstić information content (AvgIpc) is 2.76. The van der Waals surface area contributed by atoms with Crippen molar-refractivity contribution in [2.24, 2.45) is 0 Å². The van der Waals surface area contributed by atoms with Crippen LogP contribution in [0.4, 0.5) is 5.69 Å². The normalized spacial score (nSPS) is 12.2. The Labute approximate surface area is 137 Å². The Bertz CT molecular complexity index is 553. The first kappa shape index (κ1) is 15.7. The molecule has 0 aliphatic rings. The number of benzene rings is 1. The summed E-state index contributed by atoms with van der Waals surface area (Å²) in [7, 11) is 0. The highest BCUT2D eigenvalue weighted by atomic mass is 79.9. The first-order valence-electron chi connectivity index (χ1n) is 6.52. The highest BCUT2D eigenvalue weighted by molar-refractivity contribution is 9.10. The van der Waals surface area contributed by atoms with E-state index in [1.54, 1.807) is 11.3 Å². The Hall–Kier alpha value is -0.710. The minimum Gasteiger partial charge on any atom is -0.491 e. The second-order valence-corrected chi connectivity index (χ2v) is 7.15. The molecule has 5 heteroatoms. The molecule has 0 saturated carbocycles. The zero-order valence-electron chi connectivity index (χ0n) is 11.5. The van der Waals surface area contributed by atoms with Gasteiger partial charge in [0.15, 0.2) is 0 Å². The minimum atomic E-state index is 0.234. The molecule has 1 heterocycles. The lowest BCUT2D eigenvalue weighted by Gasteiger charge is -2.13. The van der Waals surface area contributed by atoms with E-state index >= 15 is 0 Å². The monoisotopic (exact) mass is 373 g/mol. The fourth-order valence-electron chi connectivity index (χ4n) is 1.66. The summed E-state index contributed by atoms with van der Waals surface area (Å²) in [5.74, 6) is 0.898.